The highest BCUT2D eigenvalue weighted by atomic mass is 32.2. The van der Waals surface area contributed by atoms with E-state index in [1.165, 1.54) is 0 Å². The van der Waals surface area contributed by atoms with E-state index in [0.29, 0.717) is 18.7 Å². The van der Waals surface area contributed by atoms with Gasteiger partial charge >= 0.3 is 0 Å². The molecule has 0 amide bonds. The maximum atomic E-state index is 12.1. The Labute approximate surface area is 116 Å². The number of aliphatic hydroxyl groups is 1. The third kappa shape index (κ3) is 3.21. The van der Waals surface area contributed by atoms with Gasteiger partial charge in [-0.1, -0.05) is 5.21 Å². The molecule has 0 bridgehead atoms. The predicted octanol–water partition coefficient (Wildman–Crippen LogP) is -0.829. The normalized spacial score (nSPS) is 11.9. The Kier molecular flexibility index (Phi) is 4.47. The molecule has 0 aliphatic rings. The number of hydrogen-bond donors (Lipinski definition) is 3. The summed E-state index contributed by atoms with van der Waals surface area (Å²) >= 11 is 0. The summed E-state index contributed by atoms with van der Waals surface area (Å²) in [5, 5.41) is 22.8. The summed E-state index contributed by atoms with van der Waals surface area (Å²) in [7, 11) is -3.68. The highest BCUT2D eigenvalue weighted by molar-refractivity contribution is 7.89. The van der Waals surface area contributed by atoms with Crippen LogP contribution in [-0.4, -0.2) is 45.3 Å². The molecule has 2 rings (SSSR count). The maximum absolute atomic E-state index is 12.1. The predicted molar refractivity (Wildman–Crippen MR) is 69.1 cm³/mol. The number of H-pyrrole nitrogens is 1. The number of nitrogens with one attached hydrogen (secondary N) is 2. The van der Waals surface area contributed by atoms with Crippen molar-refractivity contribution in [3.63, 3.8) is 0 Å². The molecule has 2 aromatic heterocycles. The number of sulfonamides is 1. The van der Waals surface area contributed by atoms with E-state index >= 15 is 0 Å². The summed E-state index contributed by atoms with van der Waals surface area (Å²) in [5.41, 5.74) is 0.518. The van der Waals surface area contributed by atoms with E-state index in [9.17, 15) is 8.42 Å². The first kappa shape index (κ1) is 14.6. The first-order valence-electron chi connectivity index (χ1n) is 6.03. The molecule has 0 saturated heterocycles. The van der Waals surface area contributed by atoms with Gasteiger partial charge in [0.25, 0.3) is 0 Å². The fourth-order valence-electron chi connectivity index (χ4n) is 1.80. The molecule has 0 fully saturated rings. The highest BCUT2D eigenvalue weighted by Gasteiger charge is 2.23. The second kappa shape index (κ2) is 6.11. The van der Waals surface area contributed by atoms with E-state index in [-0.39, 0.29) is 17.1 Å². The Morgan fingerprint density at radius 2 is 2.30 bits per heavy atom. The fourth-order valence-corrected chi connectivity index (χ4v) is 3.23. The van der Waals surface area contributed by atoms with E-state index in [4.69, 9.17) is 5.11 Å². The van der Waals surface area contributed by atoms with Crippen LogP contribution < -0.4 is 4.72 Å². The molecule has 0 aliphatic heterocycles. The van der Waals surface area contributed by atoms with E-state index in [1.54, 1.807) is 24.0 Å². The molecule has 0 spiro atoms. The van der Waals surface area contributed by atoms with Crippen molar-refractivity contribution in [2.45, 2.75) is 31.4 Å². The van der Waals surface area contributed by atoms with Gasteiger partial charge in [-0.3, -0.25) is 9.78 Å². The lowest BCUT2D eigenvalue weighted by atomic mass is 10.4. The molecule has 0 aromatic carbocycles. The number of aromatic amines is 1. The van der Waals surface area contributed by atoms with E-state index in [1.807, 2.05) is 0 Å². The SMILES string of the molecule is Cc1[nH]nc(CO)c1S(=O)(=O)NCCCn1ccnn1. The topological polar surface area (TPSA) is 126 Å². The van der Waals surface area contributed by atoms with Crippen molar-refractivity contribution in [2.24, 2.45) is 0 Å². The van der Waals surface area contributed by atoms with Crippen LogP contribution in [-0.2, 0) is 23.2 Å². The molecule has 20 heavy (non-hydrogen) atoms. The van der Waals surface area contributed by atoms with Crippen LogP contribution in [0.15, 0.2) is 17.3 Å². The molecule has 0 aliphatic carbocycles. The average molecular weight is 300 g/mol. The van der Waals surface area contributed by atoms with E-state index in [0.717, 1.165) is 0 Å². The molecule has 2 aromatic rings. The summed E-state index contributed by atoms with van der Waals surface area (Å²) in [6.45, 7) is 1.99. The molecule has 0 radical (unpaired) electrons. The third-order valence-corrected chi connectivity index (χ3v) is 4.37. The van der Waals surface area contributed by atoms with Gasteiger partial charge in [-0.05, 0) is 13.3 Å². The molecular weight excluding hydrogens is 284 g/mol. The van der Waals surface area contributed by atoms with Crippen LogP contribution in [0.25, 0.3) is 0 Å². The van der Waals surface area contributed by atoms with Gasteiger partial charge in [0.05, 0.1) is 18.5 Å². The minimum atomic E-state index is -3.68. The number of rotatable bonds is 7. The Morgan fingerprint density at radius 3 is 2.95 bits per heavy atom. The van der Waals surface area contributed by atoms with Crippen molar-refractivity contribution < 1.29 is 13.5 Å². The first-order valence-corrected chi connectivity index (χ1v) is 7.51. The summed E-state index contributed by atoms with van der Waals surface area (Å²) in [6, 6.07) is 0. The average Bonchev–Trinajstić information content (AvgIpc) is 3.03. The van der Waals surface area contributed by atoms with Gasteiger partial charge in [0.15, 0.2) is 0 Å². The van der Waals surface area contributed by atoms with Gasteiger partial charge < -0.3 is 5.11 Å². The lowest BCUT2D eigenvalue weighted by molar-refractivity contribution is 0.273. The molecule has 9 nitrogen and oxygen atoms in total. The van der Waals surface area contributed by atoms with Crippen molar-refractivity contribution in [2.75, 3.05) is 6.54 Å². The van der Waals surface area contributed by atoms with Crippen LogP contribution in [0, 0.1) is 6.92 Å². The lowest BCUT2D eigenvalue weighted by Gasteiger charge is -2.07. The van der Waals surface area contributed by atoms with Crippen LogP contribution >= 0.6 is 0 Å². The van der Waals surface area contributed by atoms with Gasteiger partial charge in [0.2, 0.25) is 10.0 Å². The Bertz CT molecular complexity index is 649. The number of hydrogen-bond acceptors (Lipinski definition) is 6. The van der Waals surface area contributed by atoms with Gasteiger partial charge in [-0.15, -0.1) is 5.10 Å². The monoisotopic (exact) mass is 300 g/mol. The van der Waals surface area contributed by atoms with Crippen LogP contribution in [0.1, 0.15) is 17.8 Å². The second-order valence-electron chi connectivity index (χ2n) is 4.20. The van der Waals surface area contributed by atoms with Crippen LogP contribution in [0.5, 0.6) is 0 Å². The Hall–Kier alpha value is -1.78. The van der Waals surface area contributed by atoms with E-state index < -0.39 is 16.6 Å². The molecule has 0 atom stereocenters. The number of aromatic nitrogens is 5. The van der Waals surface area contributed by atoms with Gasteiger partial charge in [-0.2, -0.15) is 5.10 Å². The zero-order valence-corrected chi connectivity index (χ0v) is 11.8. The summed E-state index contributed by atoms with van der Waals surface area (Å²) in [6.07, 6.45) is 3.85. The van der Waals surface area contributed by atoms with Crippen molar-refractivity contribution in [3.8, 4) is 0 Å². The fraction of sp³-hybridized carbons (Fsp3) is 0.500. The number of nitrogens with zero attached hydrogens (tertiary/aromatic N) is 4. The molecule has 0 saturated carbocycles. The second-order valence-corrected chi connectivity index (χ2v) is 5.90. The Balaban J connectivity index is 1.95. The lowest BCUT2D eigenvalue weighted by Crippen LogP contribution is -2.26. The standard InChI is InChI=1S/C10H16N6O3S/c1-8-10(9(7-17)14-13-8)20(18,19)12-3-2-5-16-6-4-11-15-16/h4,6,12,17H,2-3,5,7H2,1H3,(H,13,14). The summed E-state index contributed by atoms with van der Waals surface area (Å²) in [4.78, 5) is 0.0146. The zero-order chi connectivity index (χ0) is 14.6. The minimum Gasteiger partial charge on any atom is -0.390 e. The van der Waals surface area contributed by atoms with Gasteiger partial charge in [0, 0.05) is 19.3 Å². The smallest absolute Gasteiger partial charge is 0.244 e. The van der Waals surface area contributed by atoms with Crippen molar-refractivity contribution in [1.29, 1.82) is 0 Å². The van der Waals surface area contributed by atoms with Gasteiger partial charge in [-0.25, -0.2) is 13.1 Å². The van der Waals surface area contributed by atoms with Crippen molar-refractivity contribution in [3.05, 3.63) is 23.8 Å². The molecular formula is C10H16N6O3S. The first-order chi connectivity index (χ1) is 9.54. The van der Waals surface area contributed by atoms with Crippen molar-refractivity contribution >= 4 is 10.0 Å². The third-order valence-electron chi connectivity index (χ3n) is 2.71. The van der Waals surface area contributed by atoms with Crippen molar-refractivity contribution in [1.82, 2.24) is 29.9 Å². The largest absolute Gasteiger partial charge is 0.390 e. The number of aliphatic hydroxyl groups excluding tert-OH is 1. The molecule has 2 heterocycles. The molecule has 10 heteroatoms. The molecule has 0 unspecified atom stereocenters. The van der Waals surface area contributed by atoms with Crippen LogP contribution in [0.2, 0.25) is 0 Å². The summed E-state index contributed by atoms with van der Waals surface area (Å²) < 4.78 is 28.4. The highest BCUT2D eigenvalue weighted by Crippen LogP contribution is 2.17. The zero-order valence-electron chi connectivity index (χ0n) is 10.9. The maximum Gasteiger partial charge on any atom is 0.244 e. The van der Waals surface area contributed by atoms with E-state index in [2.05, 4.69) is 25.2 Å². The van der Waals surface area contributed by atoms with Gasteiger partial charge in [0.1, 0.15) is 10.6 Å². The summed E-state index contributed by atoms with van der Waals surface area (Å²) in [5.74, 6) is 0. The molecule has 3 N–H and O–H groups in total. The number of aryl methyl sites for hydroxylation is 2. The minimum absolute atomic E-state index is 0.0146. The molecule has 110 valence electrons. The Morgan fingerprint density at radius 1 is 1.50 bits per heavy atom. The van der Waals surface area contributed by atoms with Crippen LogP contribution in [0.4, 0.5) is 0 Å². The quantitative estimate of drug-likeness (QED) is 0.573. The van der Waals surface area contributed by atoms with Crippen LogP contribution in [0.3, 0.4) is 0 Å².